The Kier molecular flexibility index (Phi) is 5.80. The Morgan fingerprint density at radius 3 is 2.45 bits per heavy atom. The fourth-order valence-corrected chi connectivity index (χ4v) is 2.77. The lowest BCUT2D eigenvalue weighted by atomic mass is 10.0. The second kappa shape index (κ2) is 6.92. The maximum Gasteiger partial charge on any atom is 0.265 e. The van der Waals surface area contributed by atoms with Crippen molar-refractivity contribution < 1.29 is 4.79 Å². The molecule has 0 radical (unpaired) electrons. The van der Waals surface area contributed by atoms with E-state index in [0.717, 1.165) is 12.8 Å². The van der Waals surface area contributed by atoms with E-state index in [0.29, 0.717) is 28.3 Å². The fraction of sp³-hybridized carbons (Fsp3) is 0.714. The van der Waals surface area contributed by atoms with Crippen molar-refractivity contribution >= 4 is 28.2 Å². The van der Waals surface area contributed by atoms with E-state index in [4.69, 9.17) is 5.73 Å². The van der Waals surface area contributed by atoms with Gasteiger partial charge in [-0.25, -0.2) is 4.98 Å². The predicted molar refractivity (Wildman–Crippen MR) is 86.3 cm³/mol. The molecule has 5 nitrogen and oxygen atoms in total. The van der Waals surface area contributed by atoms with E-state index in [9.17, 15) is 4.79 Å². The topological polar surface area (TPSA) is 80.0 Å². The smallest absolute Gasteiger partial charge is 0.265 e. The predicted octanol–water partition coefficient (Wildman–Crippen LogP) is 3.10. The van der Waals surface area contributed by atoms with Gasteiger partial charge in [0, 0.05) is 12.1 Å². The molecule has 20 heavy (non-hydrogen) atoms. The van der Waals surface area contributed by atoms with Gasteiger partial charge in [-0.05, 0) is 26.7 Å². The van der Waals surface area contributed by atoms with E-state index in [1.165, 1.54) is 11.3 Å². The minimum atomic E-state index is -0.131. The summed E-state index contributed by atoms with van der Waals surface area (Å²) < 4.78 is 0. The molecule has 114 valence electrons. The summed E-state index contributed by atoms with van der Waals surface area (Å²) in [4.78, 5) is 16.8. The number of thiazole rings is 1. The van der Waals surface area contributed by atoms with Crippen LogP contribution in [0.1, 0.15) is 57.1 Å². The van der Waals surface area contributed by atoms with Gasteiger partial charge >= 0.3 is 0 Å². The number of hydrogen-bond donors (Lipinski definition) is 3. The molecule has 0 saturated carbocycles. The zero-order valence-electron chi connectivity index (χ0n) is 13.0. The van der Waals surface area contributed by atoms with Crippen LogP contribution < -0.4 is 16.4 Å². The summed E-state index contributed by atoms with van der Waals surface area (Å²) in [6.45, 7) is 11.1. The number of nitrogens with two attached hydrogens (primary N) is 1. The quantitative estimate of drug-likeness (QED) is 0.754. The van der Waals surface area contributed by atoms with Crippen LogP contribution in [0.15, 0.2) is 0 Å². The maximum atomic E-state index is 12.1. The summed E-state index contributed by atoms with van der Waals surface area (Å²) in [5, 5.41) is 6.86. The lowest BCUT2D eigenvalue weighted by molar-refractivity contribution is 0.0951. The number of hydrogen-bond acceptors (Lipinski definition) is 5. The molecule has 0 bridgehead atoms. The van der Waals surface area contributed by atoms with Crippen LogP contribution in [0.25, 0.3) is 0 Å². The van der Waals surface area contributed by atoms with Gasteiger partial charge in [-0.1, -0.05) is 38.0 Å². The van der Waals surface area contributed by atoms with Crippen LogP contribution in [0.3, 0.4) is 0 Å². The summed E-state index contributed by atoms with van der Waals surface area (Å²) in [7, 11) is 0. The molecule has 4 N–H and O–H groups in total. The second-order valence-corrected chi connectivity index (χ2v) is 7.00. The molecule has 0 unspecified atom stereocenters. The molecule has 0 aliphatic carbocycles. The molecule has 6 heteroatoms. The van der Waals surface area contributed by atoms with Crippen LogP contribution >= 0.6 is 11.3 Å². The number of aromatic nitrogens is 1. The summed E-state index contributed by atoms with van der Waals surface area (Å²) in [5.74, 6) is 0.679. The second-order valence-electron chi connectivity index (χ2n) is 6.00. The van der Waals surface area contributed by atoms with Crippen molar-refractivity contribution in [3.8, 4) is 0 Å². The minimum Gasteiger partial charge on any atom is -0.382 e. The molecule has 0 aromatic carbocycles. The Morgan fingerprint density at radius 2 is 1.95 bits per heavy atom. The molecule has 0 aliphatic rings. The largest absolute Gasteiger partial charge is 0.382 e. The number of nitrogens with zero attached hydrogens (tertiary/aromatic N) is 1. The van der Waals surface area contributed by atoms with Crippen molar-refractivity contribution in [2.75, 3.05) is 17.6 Å². The van der Waals surface area contributed by atoms with Crippen molar-refractivity contribution in [1.29, 1.82) is 0 Å². The van der Waals surface area contributed by atoms with Crippen LogP contribution in [-0.4, -0.2) is 23.0 Å². The van der Waals surface area contributed by atoms with Crippen LogP contribution in [0.4, 0.5) is 10.9 Å². The highest BCUT2D eigenvalue weighted by molar-refractivity contribution is 7.18. The lowest BCUT2D eigenvalue weighted by Crippen LogP contribution is -2.28. The molecular formula is C14H26N4OS. The average Bonchev–Trinajstić information content (AvgIpc) is 2.68. The highest BCUT2D eigenvalue weighted by Gasteiger charge is 2.19. The van der Waals surface area contributed by atoms with E-state index in [1.807, 2.05) is 20.8 Å². The molecule has 0 aliphatic heterocycles. The van der Waals surface area contributed by atoms with Gasteiger partial charge in [-0.2, -0.15) is 0 Å². The molecule has 0 atom stereocenters. The van der Waals surface area contributed by atoms with E-state index in [2.05, 4.69) is 29.5 Å². The summed E-state index contributed by atoms with van der Waals surface area (Å²) in [6, 6.07) is 0. The van der Waals surface area contributed by atoms with E-state index in [1.54, 1.807) is 0 Å². The van der Waals surface area contributed by atoms with Gasteiger partial charge in [0.25, 0.3) is 5.91 Å². The summed E-state index contributed by atoms with van der Waals surface area (Å²) in [6.07, 6.45) is 2.12. The highest BCUT2D eigenvalue weighted by atomic mass is 32.1. The van der Waals surface area contributed by atoms with Crippen molar-refractivity contribution in [1.82, 2.24) is 10.3 Å². The van der Waals surface area contributed by atoms with Crippen molar-refractivity contribution in [2.45, 2.75) is 53.0 Å². The van der Waals surface area contributed by atoms with Gasteiger partial charge in [-0.3, -0.25) is 4.79 Å². The highest BCUT2D eigenvalue weighted by Crippen LogP contribution is 2.27. The number of rotatable bonds is 6. The summed E-state index contributed by atoms with van der Waals surface area (Å²) >= 11 is 1.30. The Morgan fingerprint density at radius 1 is 1.35 bits per heavy atom. The molecule has 1 amide bonds. The SMILES string of the molecule is CCC(CC)CNC(=O)c1sc(NC(C)(C)C)nc1N. The number of anilines is 2. The first-order valence-electron chi connectivity index (χ1n) is 7.09. The molecule has 1 heterocycles. The first kappa shape index (κ1) is 16.8. The lowest BCUT2D eigenvalue weighted by Gasteiger charge is -2.19. The van der Waals surface area contributed by atoms with Gasteiger partial charge < -0.3 is 16.4 Å². The summed E-state index contributed by atoms with van der Waals surface area (Å²) in [5.41, 5.74) is 5.73. The van der Waals surface area contributed by atoms with Crippen LogP contribution in [0.5, 0.6) is 0 Å². The molecule has 1 rings (SSSR count). The van der Waals surface area contributed by atoms with Crippen LogP contribution in [-0.2, 0) is 0 Å². The van der Waals surface area contributed by atoms with Crippen molar-refractivity contribution in [2.24, 2.45) is 5.92 Å². The molecule has 0 fully saturated rings. The van der Waals surface area contributed by atoms with Gasteiger partial charge in [-0.15, -0.1) is 0 Å². The third-order valence-electron chi connectivity index (χ3n) is 3.05. The van der Waals surface area contributed by atoms with E-state index in [-0.39, 0.29) is 11.4 Å². The molecule has 1 aromatic rings. The zero-order valence-corrected chi connectivity index (χ0v) is 13.9. The minimum absolute atomic E-state index is 0.104. The van der Waals surface area contributed by atoms with Gasteiger partial charge in [0.05, 0.1) is 0 Å². The van der Waals surface area contributed by atoms with E-state index < -0.39 is 0 Å². The van der Waals surface area contributed by atoms with Gasteiger partial charge in [0.1, 0.15) is 10.7 Å². The maximum absolute atomic E-state index is 12.1. The third-order valence-corrected chi connectivity index (χ3v) is 4.03. The Labute approximate surface area is 125 Å². The third kappa shape index (κ3) is 5.00. The van der Waals surface area contributed by atoms with Crippen LogP contribution in [0.2, 0.25) is 0 Å². The number of carbonyl (C=O) groups excluding carboxylic acids is 1. The normalized spacial score (nSPS) is 11.7. The average molecular weight is 298 g/mol. The first-order valence-corrected chi connectivity index (χ1v) is 7.91. The molecule has 1 aromatic heterocycles. The Hall–Kier alpha value is -1.30. The van der Waals surface area contributed by atoms with Gasteiger partial charge in [0.15, 0.2) is 5.13 Å². The van der Waals surface area contributed by atoms with Crippen molar-refractivity contribution in [3.05, 3.63) is 4.88 Å². The number of nitrogens with one attached hydrogen (secondary N) is 2. The zero-order chi connectivity index (χ0) is 15.3. The van der Waals surface area contributed by atoms with Crippen LogP contribution in [0, 0.1) is 5.92 Å². The number of carbonyl (C=O) groups is 1. The van der Waals surface area contributed by atoms with Crippen molar-refractivity contribution in [3.63, 3.8) is 0 Å². The molecule has 0 spiro atoms. The standard InChI is InChI=1S/C14H26N4OS/c1-6-9(7-2)8-16-12(19)10-11(15)17-13(20-10)18-14(3,4)5/h9H,6-8,15H2,1-5H3,(H,16,19)(H,17,18). The molecular weight excluding hydrogens is 272 g/mol. The first-order chi connectivity index (χ1) is 9.26. The van der Waals surface area contributed by atoms with E-state index >= 15 is 0 Å². The number of nitrogen functional groups attached to an aromatic ring is 1. The Balaban J connectivity index is 2.69. The number of amides is 1. The van der Waals surface area contributed by atoms with Gasteiger partial charge in [0.2, 0.25) is 0 Å². The molecule has 0 saturated heterocycles. The Bertz CT molecular complexity index is 447. The fourth-order valence-electron chi connectivity index (χ4n) is 1.76. The monoisotopic (exact) mass is 298 g/mol.